The Morgan fingerprint density at radius 2 is 2.26 bits per heavy atom. The topological polar surface area (TPSA) is 41.6 Å². The van der Waals surface area contributed by atoms with Crippen LogP contribution in [0.2, 0.25) is 0 Å². The van der Waals surface area contributed by atoms with E-state index < -0.39 is 0 Å². The zero-order valence-electron chi connectivity index (χ0n) is 11.9. The molecular weight excluding hydrogens is 240 g/mol. The number of amides is 1. The number of carbonyl (C=O) groups is 1. The Kier molecular flexibility index (Phi) is 4.43. The van der Waals surface area contributed by atoms with E-state index >= 15 is 0 Å². The number of aryl methyl sites for hydroxylation is 2. The molecule has 1 saturated heterocycles. The molecule has 0 spiro atoms. The van der Waals surface area contributed by atoms with Crippen molar-refractivity contribution in [3.63, 3.8) is 0 Å². The fraction of sp³-hybridized carbons (Fsp3) is 0.533. The maximum Gasteiger partial charge on any atom is 0.260 e. The largest absolute Gasteiger partial charge is 0.483 e. The summed E-state index contributed by atoms with van der Waals surface area (Å²) in [5.74, 6) is 0.866. The Morgan fingerprint density at radius 3 is 3.00 bits per heavy atom. The number of rotatable bonds is 3. The second kappa shape index (κ2) is 6.06. The van der Waals surface area contributed by atoms with Gasteiger partial charge in [-0.1, -0.05) is 12.1 Å². The van der Waals surface area contributed by atoms with Gasteiger partial charge in [0.1, 0.15) is 5.75 Å². The molecular formula is C15H22N2O2. The highest BCUT2D eigenvalue weighted by atomic mass is 16.5. The number of nitrogens with zero attached hydrogens (tertiary/aromatic N) is 1. The third kappa shape index (κ3) is 3.70. The minimum atomic E-state index is 0.0641. The van der Waals surface area contributed by atoms with Gasteiger partial charge in [0, 0.05) is 25.7 Å². The van der Waals surface area contributed by atoms with E-state index in [1.165, 1.54) is 0 Å². The summed E-state index contributed by atoms with van der Waals surface area (Å²) < 4.78 is 5.66. The van der Waals surface area contributed by atoms with E-state index in [1.54, 1.807) is 0 Å². The lowest BCUT2D eigenvalue weighted by Crippen LogP contribution is -2.52. The molecule has 1 aromatic carbocycles. The lowest BCUT2D eigenvalue weighted by atomic mass is 10.1. The molecule has 2 rings (SSSR count). The number of piperazine rings is 1. The van der Waals surface area contributed by atoms with Gasteiger partial charge in [-0.2, -0.15) is 0 Å². The zero-order chi connectivity index (χ0) is 13.8. The second-order valence-corrected chi connectivity index (χ2v) is 5.25. The summed E-state index contributed by atoms with van der Waals surface area (Å²) in [7, 11) is 0. The average Bonchev–Trinajstić information content (AvgIpc) is 2.39. The molecule has 0 bridgehead atoms. The lowest BCUT2D eigenvalue weighted by molar-refractivity contribution is -0.134. The van der Waals surface area contributed by atoms with Crippen LogP contribution in [0.25, 0.3) is 0 Å². The van der Waals surface area contributed by atoms with Crippen LogP contribution in [0.5, 0.6) is 5.75 Å². The Balaban J connectivity index is 1.91. The zero-order valence-corrected chi connectivity index (χ0v) is 11.9. The molecule has 1 atom stereocenters. The van der Waals surface area contributed by atoms with E-state index in [-0.39, 0.29) is 12.5 Å². The molecule has 104 valence electrons. The van der Waals surface area contributed by atoms with Crippen LogP contribution in [0.15, 0.2) is 18.2 Å². The van der Waals surface area contributed by atoms with Crippen molar-refractivity contribution >= 4 is 5.91 Å². The van der Waals surface area contributed by atoms with Gasteiger partial charge in [-0.3, -0.25) is 4.79 Å². The molecule has 1 aliphatic rings. The molecule has 0 aromatic heterocycles. The molecule has 0 saturated carbocycles. The number of nitrogens with one attached hydrogen (secondary N) is 1. The van der Waals surface area contributed by atoms with Crippen molar-refractivity contribution < 1.29 is 9.53 Å². The van der Waals surface area contributed by atoms with Gasteiger partial charge in [-0.05, 0) is 38.0 Å². The first-order valence-corrected chi connectivity index (χ1v) is 6.77. The Bertz CT molecular complexity index is 459. The highest BCUT2D eigenvalue weighted by Crippen LogP contribution is 2.19. The van der Waals surface area contributed by atoms with Gasteiger partial charge >= 0.3 is 0 Å². The maximum absolute atomic E-state index is 12.1. The van der Waals surface area contributed by atoms with Crippen LogP contribution in [0.1, 0.15) is 18.1 Å². The third-order valence-electron chi connectivity index (χ3n) is 3.42. The number of ether oxygens (including phenoxy) is 1. The molecule has 1 aliphatic heterocycles. The van der Waals surface area contributed by atoms with E-state index in [0.29, 0.717) is 6.04 Å². The monoisotopic (exact) mass is 262 g/mol. The summed E-state index contributed by atoms with van der Waals surface area (Å²) in [5, 5.41) is 3.32. The maximum atomic E-state index is 12.1. The van der Waals surface area contributed by atoms with E-state index in [1.807, 2.05) is 36.9 Å². The van der Waals surface area contributed by atoms with E-state index in [2.05, 4.69) is 12.2 Å². The standard InChI is InChI=1S/C15H22N2O2/c1-11-4-5-12(2)14(8-11)19-10-15(18)17-7-6-16-13(3)9-17/h4-5,8,13,16H,6-7,9-10H2,1-3H3. The van der Waals surface area contributed by atoms with Gasteiger partial charge in [-0.25, -0.2) is 0 Å². The van der Waals surface area contributed by atoms with Crippen LogP contribution in [0.3, 0.4) is 0 Å². The molecule has 1 aromatic rings. The minimum Gasteiger partial charge on any atom is -0.483 e. The highest BCUT2D eigenvalue weighted by Gasteiger charge is 2.20. The SMILES string of the molecule is Cc1ccc(C)c(OCC(=O)N2CCNC(C)C2)c1. The summed E-state index contributed by atoms with van der Waals surface area (Å²) in [6.45, 7) is 8.60. The van der Waals surface area contributed by atoms with Crippen molar-refractivity contribution in [2.75, 3.05) is 26.2 Å². The number of benzene rings is 1. The summed E-state index contributed by atoms with van der Waals surface area (Å²) in [4.78, 5) is 14.0. The van der Waals surface area contributed by atoms with E-state index in [0.717, 1.165) is 36.5 Å². The Labute approximate surface area is 114 Å². The van der Waals surface area contributed by atoms with Crippen LogP contribution in [-0.4, -0.2) is 43.1 Å². The van der Waals surface area contributed by atoms with E-state index in [4.69, 9.17) is 4.74 Å². The predicted molar refractivity (Wildman–Crippen MR) is 75.5 cm³/mol. The van der Waals surface area contributed by atoms with Crippen molar-refractivity contribution in [1.29, 1.82) is 0 Å². The number of hydrogen-bond acceptors (Lipinski definition) is 3. The smallest absolute Gasteiger partial charge is 0.260 e. The van der Waals surface area contributed by atoms with Gasteiger partial charge in [0.15, 0.2) is 6.61 Å². The summed E-state index contributed by atoms with van der Waals surface area (Å²) in [5.41, 5.74) is 2.20. The van der Waals surface area contributed by atoms with E-state index in [9.17, 15) is 4.79 Å². The van der Waals surface area contributed by atoms with Crippen LogP contribution in [0, 0.1) is 13.8 Å². The summed E-state index contributed by atoms with van der Waals surface area (Å²) >= 11 is 0. The van der Waals surface area contributed by atoms with Gasteiger partial charge < -0.3 is 15.0 Å². The molecule has 0 aliphatic carbocycles. The molecule has 1 fully saturated rings. The van der Waals surface area contributed by atoms with Crippen LogP contribution >= 0.6 is 0 Å². The van der Waals surface area contributed by atoms with Crippen LogP contribution in [0.4, 0.5) is 0 Å². The molecule has 19 heavy (non-hydrogen) atoms. The third-order valence-corrected chi connectivity index (χ3v) is 3.42. The molecule has 1 amide bonds. The van der Waals surface area contributed by atoms with Crippen LogP contribution < -0.4 is 10.1 Å². The molecule has 1 unspecified atom stereocenters. The van der Waals surface area contributed by atoms with Crippen LogP contribution in [-0.2, 0) is 4.79 Å². The Hall–Kier alpha value is -1.55. The second-order valence-electron chi connectivity index (χ2n) is 5.25. The fourth-order valence-electron chi connectivity index (χ4n) is 2.25. The van der Waals surface area contributed by atoms with Gasteiger partial charge in [0.25, 0.3) is 5.91 Å². The van der Waals surface area contributed by atoms with Crippen molar-refractivity contribution in [1.82, 2.24) is 10.2 Å². The predicted octanol–water partition coefficient (Wildman–Crippen LogP) is 1.50. The first-order chi connectivity index (χ1) is 9.06. The minimum absolute atomic E-state index is 0.0641. The van der Waals surface area contributed by atoms with Crippen molar-refractivity contribution in [3.05, 3.63) is 29.3 Å². The molecule has 4 heteroatoms. The molecule has 1 N–H and O–H groups in total. The molecule has 1 heterocycles. The molecule has 0 radical (unpaired) electrons. The first kappa shape index (κ1) is 13.9. The lowest BCUT2D eigenvalue weighted by Gasteiger charge is -2.31. The highest BCUT2D eigenvalue weighted by molar-refractivity contribution is 5.78. The fourth-order valence-corrected chi connectivity index (χ4v) is 2.25. The average molecular weight is 262 g/mol. The molecule has 4 nitrogen and oxygen atoms in total. The first-order valence-electron chi connectivity index (χ1n) is 6.77. The summed E-state index contributed by atoms with van der Waals surface area (Å²) in [6, 6.07) is 6.39. The number of carbonyl (C=O) groups excluding carboxylic acids is 1. The quantitative estimate of drug-likeness (QED) is 0.897. The normalized spacial score (nSPS) is 19.3. The number of hydrogen-bond donors (Lipinski definition) is 1. The van der Waals surface area contributed by atoms with Gasteiger partial charge in [0.05, 0.1) is 0 Å². The van der Waals surface area contributed by atoms with Gasteiger partial charge in [0.2, 0.25) is 0 Å². The Morgan fingerprint density at radius 1 is 1.47 bits per heavy atom. The van der Waals surface area contributed by atoms with Crippen molar-refractivity contribution in [2.24, 2.45) is 0 Å². The van der Waals surface area contributed by atoms with Crippen molar-refractivity contribution in [3.8, 4) is 5.75 Å². The summed E-state index contributed by atoms with van der Waals surface area (Å²) in [6.07, 6.45) is 0. The van der Waals surface area contributed by atoms with Crippen molar-refractivity contribution in [2.45, 2.75) is 26.8 Å². The van der Waals surface area contributed by atoms with Gasteiger partial charge in [-0.15, -0.1) is 0 Å².